The van der Waals surface area contributed by atoms with E-state index in [1.54, 1.807) is 0 Å². The van der Waals surface area contributed by atoms with Gasteiger partial charge in [0.05, 0.1) is 12.5 Å². The number of rotatable bonds is 1. The average molecular weight is 147 g/mol. The third kappa shape index (κ3) is 1.44. The number of primary amides is 1. The minimum Gasteiger partial charge on any atom is -0.369 e. The zero-order chi connectivity index (χ0) is 7.56. The number of amides is 1. The van der Waals surface area contributed by atoms with E-state index in [-0.39, 0.29) is 0 Å². The molecule has 3 N–H and O–H groups in total. The van der Waals surface area contributed by atoms with Crippen molar-refractivity contribution in [3.63, 3.8) is 0 Å². The van der Waals surface area contributed by atoms with E-state index in [4.69, 9.17) is 10.8 Å². The van der Waals surface area contributed by atoms with Crippen LogP contribution in [0, 0.1) is 5.92 Å². The van der Waals surface area contributed by atoms with Crippen LogP contribution in [0.5, 0.6) is 0 Å². The highest BCUT2D eigenvalue weighted by molar-refractivity contribution is 5.77. The van der Waals surface area contributed by atoms with E-state index in [2.05, 4.69) is 9.78 Å². The minimum absolute atomic E-state index is 0.296. The Labute approximate surface area is 57.6 Å². The largest absolute Gasteiger partial charge is 0.369 e. The fraction of sp³-hybridized carbons (Fsp3) is 0.800. The van der Waals surface area contributed by atoms with Crippen LogP contribution in [-0.2, 0) is 14.6 Å². The van der Waals surface area contributed by atoms with Gasteiger partial charge >= 0.3 is 0 Å². The van der Waals surface area contributed by atoms with Gasteiger partial charge in [0.2, 0.25) is 12.2 Å². The molecule has 5 nitrogen and oxygen atoms in total. The number of aliphatic hydroxyl groups is 1. The van der Waals surface area contributed by atoms with Gasteiger partial charge in [-0.1, -0.05) is 0 Å². The quantitative estimate of drug-likeness (QED) is 0.454. The molecule has 0 spiro atoms. The van der Waals surface area contributed by atoms with E-state index < -0.39 is 18.1 Å². The van der Waals surface area contributed by atoms with E-state index in [0.717, 1.165) is 0 Å². The minimum atomic E-state index is -1.20. The molecule has 0 aromatic rings. The van der Waals surface area contributed by atoms with E-state index in [9.17, 15) is 4.79 Å². The van der Waals surface area contributed by atoms with Crippen molar-refractivity contribution >= 4 is 5.91 Å². The number of nitrogens with two attached hydrogens (primary N) is 1. The average Bonchev–Trinajstić information content (AvgIpc) is 1.88. The molecule has 0 aromatic heterocycles. The van der Waals surface area contributed by atoms with Gasteiger partial charge in [-0.25, -0.2) is 9.78 Å². The summed E-state index contributed by atoms with van der Waals surface area (Å²) in [6.07, 6.45) is -0.789. The van der Waals surface area contributed by atoms with Crippen molar-refractivity contribution in [3.8, 4) is 0 Å². The van der Waals surface area contributed by atoms with Gasteiger partial charge in [-0.3, -0.25) is 4.79 Å². The first-order valence-corrected chi connectivity index (χ1v) is 2.97. The Balaban J connectivity index is 2.47. The summed E-state index contributed by atoms with van der Waals surface area (Å²) in [5, 5.41) is 8.89. The molecular formula is C5H9NO4. The molecule has 58 valence electrons. The van der Waals surface area contributed by atoms with Gasteiger partial charge < -0.3 is 10.8 Å². The van der Waals surface area contributed by atoms with Crippen molar-refractivity contribution in [2.24, 2.45) is 11.7 Å². The third-order valence-corrected chi connectivity index (χ3v) is 1.39. The van der Waals surface area contributed by atoms with E-state index in [0.29, 0.717) is 13.0 Å². The zero-order valence-corrected chi connectivity index (χ0v) is 5.32. The number of hydrogen-bond acceptors (Lipinski definition) is 4. The molecular weight excluding hydrogens is 138 g/mol. The van der Waals surface area contributed by atoms with Crippen LogP contribution in [0.3, 0.4) is 0 Å². The molecule has 1 heterocycles. The van der Waals surface area contributed by atoms with Crippen LogP contribution in [0.1, 0.15) is 6.42 Å². The van der Waals surface area contributed by atoms with Crippen LogP contribution in [0.4, 0.5) is 0 Å². The maximum absolute atomic E-state index is 10.5. The van der Waals surface area contributed by atoms with Crippen molar-refractivity contribution in [1.82, 2.24) is 0 Å². The van der Waals surface area contributed by atoms with Gasteiger partial charge in [-0.05, 0) is 6.42 Å². The summed E-state index contributed by atoms with van der Waals surface area (Å²) in [6.45, 7) is 0.296. The van der Waals surface area contributed by atoms with E-state index >= 15 is 0 Å². The molecule has 1 rings (SSSR count). The predicted octanol–water partition coefficient (Wildman–Crippen LogP) is -1.24. The highest BCUT2D eigenvalue weighted by Gasteiger charge is 2.29. The van der Waals surface area contributed by atoms with Crippen LogP contribution in [0.2, 0.25) is 0 Å². The lowest BCUT2D eigenvalue weighted by Gasteiger charge is -2.23. The van der Waals surface area contributed by atoms with Crippen LogP contribution in [-0.4, -0.2) is 23.9 Å². The third-order valence-electron chi connectivity index (χ3n) is 1.39. The molecule has 1 aliphatic heterocycles. The molecule has 1 fully saturated rings. The molecule has 2 unspecified atom stereocenters. The van der Waals surface area contributed by atoms with Crippen LogP contribution < -0.4 is 5.73 Å². The van der Waals surface area contributed by atoms with Crippen LogP contribution in [0.15, 0.2) is 0 Å². The normalized spacial score (nSPS) is 33.7. The molecule has 5 heteroatoms. The van der Waals surface area contributed by atoms with Crippen molar-refractivity contribution in [2.75, 3.05) is 6.61 Å². The van der Waals surface area contributed by atoms with Gasteiger partial charge in [-0.15, -0.1) is 0 Å². The van der Waals surface area contributed by atoms with E-state index in [1.807, 2.05) is 0 Å². The molecule has 0 saturated carbocycles. The van der Waals surface area contributed by atoms with Crippen molar-refractivity contribution in [1.29, 1.82) is 0 Å². The molecule has 2 atom stereocenters. The summed E-state index contributed by atoms with van der Waals surface area (Å²) < 4.78 is 0. The number of aliphatic hydroxyl groups excluding tert-OH is 1. The van der Waals surface area contributed by atoms with Gasteiger partial charge in [0.25, 0.3) is 0 Å². The molecule has 1 aliphatic rings. The molecule has 10 heavy (non-hydrogen) atoms. The van der Waals surface area contributed by atoms with Crippen molar-refractivity contribution < 1.29 is 19.7 Å². The first kappa shape index (κ1) is 7.46. The second-order valence-corrected chi connectivity index (χ2v) is 2.11. The standard InChI is InChI=1S/C5H9NO4/c6-4(7)3-1-2-9-10-5(3)8/h3,5,8H,1-2H2,(H2,6,7). The highest BCUT2D eigenvalue weighted by atomic mass is 17.2. The van der Waals surface area contributed by atoms with Crippen molar-refractivity contribution in [2.45, 2.75) is 12.7 Å². The number of carbonyl (C=O) groups is 1. The van der Waals surface area contributed by atoms with Gasteiger partial charge in [0.1, 0.15) is 0 Å². The molecule has 1 saturated heterocycles. The van der Waals surface area contributed by atoms with Crippen LogP contribution >= 0.6 is 0 Å². The summed E-state index contributed by atoms with van der Waals surface area (Å²) in [5.74, 6) is -1.19. The first-order chi connectivity index (χ1) is 4.72. The Morgan fingerprint density at radius 1 is 1.70 bits per heavy atom. The summed E-state index contributed by atoms with van der Waals surface area (Å²) in [7, 11) is 0. The predicted molar refractivity (Wildman–Crippen MR) is 30.3 cm³/mol. The SMILES string of the molecule is NC(=O)C1CCOOC1O. The van der Waals surface area contributed by atoms with Gasteiger partial charge in [-0.2, -0.15) is 0 Å². The van der Waals surface area contributed by atoms with Crippen LogP contribution in [0.25, 0.3) is 0 Å². The Morgan fingerprint density at radius 2 is 2.40 bits per heavy atom. The fourth-order valence-corrected chi connectivity index (χ4v) is 0.785. The highest BCUT2D eigenvalue weighted by Crippen LogP contribution is 2.15. The lowest BCUT2D eigenvalue weighted by atomic mass is 10.1. The molecule has 0 radical (unpaired) electrons. The van der Waals surface area contributed by atoms with Gasteiger partial charge in [0, 0.05) is 0 Å². The second kappa shape index (κ2) is 2.96. The summed E-state index contributed by atoms with van der Waals surface area (Å²) >= 11 is 0. The Kier molecular flexibility index (Phi) is 2.21. The topological polar surface area (TPSA) is 81.8 Å². The first-order valence-electron chi connectivity index (χ1n) is 2.97. The summed E-state index contributed by atoms with van der Waals surface area (Å²) in [4.78, 5) is 19.2. The number of carbonyl (C=O) groups excluding carboxylic acids is 1. The zero-order valence-electron chi connectivity index (χ0n) is 5.32. The maximum atomic E-state index is 10.5. The monoisotopic (exact) mass is 147 g/mol. The Hall–Kier alpha value is -0.650. The number of hydrogen-bond donors (Lipinski definition) is 2. The Morgan fingerprint density at radius 3 is 2.80 bits per heavy atom. The summed E-state index contributed by atoms with van der Waals surface area (Å²) in [5.41, 5.74) is 4.92. The summed E-state index contributed by atoms with van der Waals surface area (Å²) in [6, 6.07) is 0. The van der Waals surface area contributed by atoms with Gasteiger partial charge in [0.15, 0.2) is 0 Å². The molecule has 0 aromatic carbocycles. The lowest BCUT2D eigenvalue weighted by molar-refractivity contribution is -0.400. The smallest absolute Gasteiger partial charge is 0.225 e. The second-order valence-electron chi connectivity index (χ2n) is 2.11. The molecule has 0 bridgehead atoms. The fourth-order valence-electron chi connectivity index (χ4n) is 0.785. The molecule has 1 amide bonds. The Bertz CT molecular complexity index is 138. The lowest BCUT2D eigenvalue weighted by Crippen LogP contribution is -2.39. The van der Waals surface area contributed by atoms with E-state index in [1.165, 1.54) is 0 Å². The van der Waals surface area contributed by atoms with Crippen molar-refractivity contribution in [3.05, 3.63) is 0 Å². The molecule has 0 aliphatic carbocycles. The maximum Gasteiger partial charge on any atom is 0.225 e.